The molecule has 2 aromatic carbocycles. The maximum Gasteiger partial charge on any atom is 0.411 e. The molecule has 1 N–H and O–H groups in total. The number of nitrogens with one attached hydrogen (secondary N) is 1. The van der Waals surface area contributed by atoms with E-state index in [0.717, 1.165) is 38.0 Å². The Bertz CT molecular complexity index is 880. The number of amides is 1. The molecule has 0 aromatic heterocycles. The summed E-state index contributed by atoms with van der Waals surface area (Å²) in [5.74, 6) is 5.96. The second-order valence-corrected chi connectivity index (χ2v) is 7.01. The van der Waals surface area contributed by atoms with Gasteiger partial charge in [-0.2, -0.15) is 0 Å². The van der Waals surface area contributed by atoms with Crippen molar-refractivity contribution in [3.8, 4) is 11.8 Å². The van der Waals surface area contributed by atoms with Gasteiger partial charge in [0.2, 0.25) is 0 Å². The minimum Gasteiger partial charge on any atom is -0.444 e. The van der Waals surface area contributed by atoms with Gasteiger partial charge in [0.25, 0.3) is 0 Å². The number of carbonyl (C=O) groups excluding carboxylic acids is 1. The molecule has 0 saturated carbocycles. The summed E-state index contributed by atoms with van der Waals surface area (Å²) in [6.45, 7) is 2.97. The van der Waals surface area contributed by atoms with Crippen molar-refractivity contribution in [2.75, 3.05) is 25.0 Å². The van der Waals surface area contributed by atoms with Gasteiger partial charge in [-0.05, 0) is 62.2 Å². The monoisotopic (exact) mass is 364 g/mol. The molecule has 2 bridgehead atoms. The van der Waals surface area contributed by atoms with Gasteiger partial charge in [0, 0.05) is 12.1 Å². The molecule has 3 aliphatic heterocycles. The van der Waals surface area contributed by atoms with E-state index in [1.165, 1.54) is 18.2 Å². The predicted octanol–water partition coefficient (Wildman–Crippen LogP) is 3.87. The molecule has 138 valence electrons. The zero-order valence-corrected chi connectivity index (χ0v) is 15.0. The molecule has 3 heterocycles. The third-order valence-corrected chi connectivity index (χ3v) is 5.19. The fourth-order valence-electron chi connectivity index (χ4n) is 3.71. The maximum atomic E-state index is 13.7. The zero-order valence-electron chi connectivity index (χ0n) is 15.0. The van der Waals surface area contributed by atoms with E-state index in [0.29, 0.717) is 17.2 Å². The first kappa shape index (κ1) is 17.6. The van der Waals surface area contributed by atoms with Gasteiger partial charge in [0.1, 0.15) is 11.9 Å². The van der Waals surface area contributed by atoms with Crippen LogP contribution in [0.5, 0.6) is 0 Å². The van der Waals surface area contributed by atoms with Crippen LogP contribution < -0.4 is 5.32 Å². The lowest BCUT2D eigenvalue weighted by molar-refractivity contribution is -0.0289. The molecule has 3 saturated heterocycles. The number of carbonyl (C=O) groups is 1. The third-order valence-electron chi connectivity index (χ3n) is 5.19. The van der Waals surface area contributed by atoms with Crippen molar-refractivity contribution in [2.24, 2.45) is 5.92 Å². The standard InChI is InChI=1S/C22H21FN2O2/c23-19-8-9-20(18(14-19)7-6-16-4-2-1-3-5-16)24-22(26)27-21-15-25-12-10-17(21)11-13-25/h1-5,8-9,14,17,21H,10-13,15H2,(H,24,26)/t21-/m0/s1. The lowest BCUT2D eigenvalue weighted by atomic mass is 9.86. The molecule has 0 unspecified atom stereocenters. The van der Waals surface area contributed by atoms with Crippen molar-refractivity contribution in [3.05, 3.63) is 65.5 Å². The lowest BCUT2D eigenvalue weighted by Crippen LogP contribution is -2.52. The number of nitrogens with zero attached hydrogens (tertiary/aromatic N) is 1. The molecular formula is C22H21FN2O2. The molecule has 5 rings (SSSR count). The van der Waals surface area contributed by atoms with Gasteiger partial charge in [-0.25, -0.2) is 9.18 Å². The Morgan fingerprint density at radius 3 is 2.59 bits per heavy atom. The van der Waals surface area contributed by atoms with E-state index >= 15 is 0 Å². The van der Waals surface area contributed by atoms with Crippen molar-refractivity contribution in [1.29, 1.82) is 0 Å². The van der Waals surface area contributed by atoms with Gasteiger partial charge >= 0.3 is 6.09 Å². The summed E-state index contributed by atoms with van der Waals surface area (Å²) in [6.07, 6.45) is 1.56. The van der Waals surface area contributed by atoms with E-state index in [4.69, 9.17) is 4.74 Å². The van der Waals surface area contributed by atoms with Gasteiger partial charge in [-0.15, -0.1) is 0 Å². The molecule has 27 heavy (non-hydrogen) atoms. The molecule has 0 aliphatic carbocycles. The Balaban J connectivity index is 1.47. The van der Waals surface area contributed by atoms with Gasteiger partial charge in [-0.3, -0.25) is 10.2 Å². The van der Waals surface area contributed by atoms with Gasteiger partial charge in [0.15, 0.2) is 0 Å². The highest BCUT2D eigenvalue weighted by molar-refractivity contribution is 5.86. The average molecular weight is 364 g/mol. The number of halogens is 1. The number of hydrogen-bond acceptors (Lipinski definition) is 3. The van der Waals surface area contributed by atoms with Crippen molar-refractivity contribution >= 4 is 11.8 Å². The lowest BCUT2D eigenvalue weighted by Gasteiger charge is -2.43. The number of rotatable bonds is 2. The van der Waals surface area contributed by atoms with Crippen LogP contribution in [0.15, 0.2) is 48.5 Å². The molecule has 0 radical (unpaired) electrons. The quantitative estimate of drug-likeness (QED) is 0.823. The Morgan fingerprint density at radius 1 is 1.11 bits per heavy atom. The third kappa shape index (κ3) is 4.29. The fraction of sp³-hybridized carbons (Fsp3) is 0.318. The van der Waals surface area contributed by atoms with Crippen LogP contribution in [0.4, 0.5) is 14.9 Å². The van der Waals surface area contributed by atoms with E-state index in [1.54, 1.807) is 0 Å². The van der Waals surface area contributed by atoms with Crippen LogP contribution in [0.1, 0.15) is 24.0 Å². The highest BCUT2D eigenvalue weighted by Gasteiger charge is 2.36. The van der Waals surface area contributed by atoms with E-state index in [-0.39, 0.29) is 6.10 Å². The first-order valence-corrected chi connectivity index (χ1v) is 9.24. The molecule has 4 nitrogen and oxygen atoms in total. The van der Waals surface area contributed by atoms with Crippen LogP contribution in [-0.4, -0.2) is 36.7 Å². The maximum absolute atomic E-state index is 13.7. The Labute approximate surface area is 158 Å². The summed E-state index contributed by atoms with van der Waals surface area (Å²) in [4.78, 5) is 14.7. The number of anilines is 1. The van der Waals surface area contributed by atoms with Crippen LogP contribution >= 0.6 is 0 Å². The van der Waals surface area contributed by atoms with Crippen LogP contribution in [0.2, 0.25) is 0 Å². The number of benzene rings is 2. The van der Waals surface area contributed by atoms with E-state index in [2.05, 4.69) is 22.1 Å². The zero-order chi connectivity index (χ0) is 18.6. The molecule has 2 aromatic rings. The van der Waals surface area contributed by atoms with Crippen molar-refractivity contribution in [1.82, 2.24) is 4.90 Å². The van der Waals surface area contributed by atoms with Gasteiger partial charge in [0.05, 0.1) is 11.3 Å². The van der Waals surface area contributed by atoms with E-state index < -0.39 is 11.9 Å². The summed E-state index contributed by atoms with van der Waals surface area (Å²) < 4.78 is 19.3. The summed E-state index contributed by atoms with van der Waals surface area (Å²) >= 11 is 0. The summed E-state index contributed by atoms with van der Waals surface area (Å²) in [6, 6.07) is 13.6. The second kappa shape index (κ2) is 7.81. The van der Waals surface area contributed by atoms with E-state index in [1.807, 2.05) is 30.3 Å². The van der Waals surface area contributed by atoms with E-state index in [9.17, 15) is 9.18 Å². The molecule has 3 aliphatic rings. The summed E-state index contributed by atoms with van der Waals surface area (Å²) in [5, 5.41) is 2.73. The number of fused-ring (bicyclic) bond motifs is 3. The van der Waals surface area contributed by atoms with Crippen LogP contribution in [0.25, 0.3) is 0 Å². The SMILES string of the molecule is O=C(Nc1ccc(F)cc1C#Cc1ccccc1)O[C@H]1CN2CCC1CC2. The van der Waals surface area contributed by atoms with Crippen LogP contribution in [-0.2, 0) is 4.74 Å². The molecule has 5 heteroatoms. The molecular weight excluding hydrogens is 343 g/mol. The van der Waals surface area contributed by atoms with Gasteiger partial charge < -0.3 is 4.74 Å². The summed E-state index contributed by atoms with van der Waals surface area (Å²) in [5.41, 5.74) is 1.69. The fourth-order valence-corrected chi connectivity index (χ4v) is 3.71. The molecule has 3 fully saturated rings. The minimum atomic E-state index is -0.511. The second-order valence-electron chi connectivity index (χ2n) is 7.01. The topological polar surface area (TPSA) is 41.6 Å². The van der Waals surface area contributed by atoms with Crippen LogP contribution in [0, 0.1) is 23.6 Å². The Morgan fingerprint density at radius 2 is 1.89 bits per heavy atom. The number of hydrogen-bond donors (Lipinski definition) is 1. The highest BCUT2D eigenvalue weighted by Crippen LogP contribution is 2.30. The predicted molar refractivity (Wildman–Crippen MR) is 102 cm³/mol. The highest BCUT2D eigenvalue weighted by atomic mass is 19.1. The molecule has 0 spiro atoms. The average Bonchev–Trinajstić information content (AvgIpc) is 2.70. The molecule has 1 amide bonds. The van der Waals surface area contributed by atoms with Crippen molar-refractivity contribution in [2.45, 2.75) is 18.9 Å². The van der Waals surface area contributed by atoms with Gasteiger partial charge in [-0.1, -0.05) is 30.0 Å². The first-order chi connectivity index (χ1) is 13.2. The molecule has 1 atom stereocenters. The van der Waals surface area contributed by atoms with Crippen molar-refractivity contribution < 1.29 is 13.9 Å². The normalized spacial score (nSPS) is 23.2. The van der Waals surface area contributed by atoms with Crippen LogP contribution in [0.3, 0.4) is 0 Å². The van der Waals surface area contributed by atoms with Crippen molar-refractivity contribution in [3.63, 3.8) is 0 Å². The number of piperidine rings is 3. The first-order valence-electron chi connectivity index (χ1n) is 9.24. The minimum absolute atomic E-state index is 0.0770. The Hall–Kier alpha value is -2.84. The largest absolute Gasteiger partial charge is 0.444 e. The Kier molecular flexibility index (Phi) is 5.08. The number of ether oxygens (including phenoxy) is 1. The summed E-state index contributed by atoms with van der Waals surface area (Å²) in [7, 11) is 0. The smallest absolute Gasteiger partial charge is 0.411 e.